The largest absolute Gasteiger partial charge is 0.455 e. The topological polar surface area (TPSA) is 21.3 Å². The van der Waals surface area contributed by atoms with Gasteiger partial charge in [0.2, 0.25) is 0 Å². The first kappa shape index (κ1) is 38.5. The van der Waals surface area contributed by atoms with E-state index in [-0.39, 0.29) is 0 Å². The molecule has 2 aromatic heterocycles. The third kappa shape index (κ3) is 6.67. The van der Waals surface area contributed by atoms with Crippen molar-refractivity contribution in [3.05, 3.63) is 255 Å². The Bertz CT molecular complexity index is 3900. The molecule has 0 aliphatic heterocycles. The third-order valence-corrected chi connectivity index (χ3v) is 13.4. The van der Waals surface area contributed by atoms with Crippen molar-refractivity contribution in [2.24, 2.45) is 0 Å². The van der Waals surface area contributed by atoms with Crippen molar-refractivity contribution < 1.29 is 4.42 Å². The van der Waals surface area contributed by atoms with E-state index in [0.717, 1.165) is 77.9 Å². The van der Waals surface area contributed by atoms with Gasteiger partial charge in [-0.15, -0.1) is 0 Å². The molecule has 0 aliphatic carbocycles. The van der Waals surface area contributed by atoms with E-state index in [4.69, 9.17) is 4.42 Å². The molecule has 13 aromatic rings. The number of rotatable bonds is 8. The van der Waals surface area contributed by atoms with E-state index in [1.54, 1.807) is 0 Å². The summed E-state index contributed by atoms with van der Waals surface area (Å²) in [6, 6.07) is 91.8. The minimum atomic E-state index is 0.875. The number of para-hydroxylation sites is 3. The van der Waals surface area contributed by atoms with Crippen LogP contribution in [0.2, 0.25) is 0 Å². The molecular formula is C64H42N2O. The second kappa shape index (κ2) is 16.0. The van der Waals surface area contributed by atoms with Crippen molar-refractivity contribution in [2.75, 3.05) is 4.90 Å². The molecule has 0 atom stereocenters. The molecule has 0 fully saturated rings. The highest BCUT2D eigenvalue weighted by Gasteiger charge is 2.20. The lowest BCUT2D eigenvalue weighted by Gasteiger charge is -2.28. The second-order valence-corrected chi connectivity index (χ2v) is 17.3. The lowest BCUT2D eigenvalue weighted by molar-refractivity contribution is 0.673. The third-order valence-electron chi connectivity index (χ3n) is 13.4. The number of fused-ring (bicyclic) bond motifs is 8. The summed E-state index contributed by atoms with van der Waals surface area (Å²) < 4.78 is 9.08. The summed E-state index contributed by atoms with van der Waals surface area (Å²) in [4.78, 5) is 2.38. The van der Waals surface area contributed by atoms with Crippen molar-refractivity contribution in [3.8, 4) is 50.2 Å². The van der Waals surface area contributed by atoms with E-state index in [1.807, 2.05) is 0 Å². The Balaban J connectivity index is 0.906. The zero-order valence-electron chi connectivity index (χ0n) is 36.6. The Labute approximate surface area is 388 Å². The highest BCUT2D eigenvalue weighted by Crippen LogP contribution is 2.44. The highest BCUT2D eigenvalue weighted by atomic mass is 16.3. The molecule has 0 aliphatic rings. The first-order valence-electron chi connectivity index (χ1n) is 22.9. The Hall–Kier alpha value is -8.92. The molecule has 11 aromatic carbocycles. The van der Waals surface area contributed by atoms with E-state index in [2.05, 4.69) is 264 Å². The predicted molar refractivity (Wildman–Crippen MR) is 282 cm³/mol. The summed E-state index contributed by atoms with van der Waals surface area (Å²) >= 11 is 0. The molecule has 0 spiro atoms. The summed E-state index contributed by atoms with van der Waals surface area (Å²) in [6.45, 7) is 0. The Morgan fingerprint density at radius 1 is 0.313 bits per heavy atom. The first-order valence-corrected chi connectivity index (χ1v) is 22.9. The maximum Gasteiger partial charge on any atom is 0.143 e. The van der Waals surface area contributed by atoms with Gasteiger partial charge in [-0.1, -0.05) is 182 Å². The fourth-order valence-corrected chi connectivity index (χ4v) is 10.1. The van der Waals surface area contributed by atoms with Gasteiger partial charge in [0.25, 0.3) is 0 Å². The van der Waals surface area contributed by atoms with Gasteiger partial charge in [0.1, 0.15) is 11.2 Å². The van der Waals surface area contributed by atoms with Crippen LogP contribution in [0.25, 0.3) is 105 Å². The molecule has 0 bridgehead atoms. The molecule has 3 heteroatoms. The molecule has 3 nitrogen and oxygen atoms in total. The van der Waals surface area contributed by atoms with E-state index in [1.165, 1.54) is 43.9 Å². The minimum absolute atomic E-state index is 0.875. The van der Waals surface area contributed by atoms with Crippen LogP contribution in [-0.2, 0) is 0 Å². The van der Waals surface area contributed by atoms with Gasteiger partial charge in [-0.2, -0.15) is 0 Å². The first-order chi connectivity index (χ1) is 33.2. The average molecular weight is 855 g/mol. The number of hydrogen-bond acceptors (Lipinski definition) is 2. The quantitative estimate of drug-likeness (QED) is 0.152. The van der Waals surface area contributed by atoms with Crippen molar-refractivity contribution in [3.63, 3.8) is 0 Å². The van der Waals surface area contributed by atoms with Gasteiger partial charge in [0.15, 0.2) is 0 Å². The van der Waals surface area contributed by atoms with Crippen molar-refractivity contribution in [2.45, 2.75) is 0 Å². The normalized spacial score (nSPS) is 11.6. The summed E-state index contributed by atoms with van der Waals surface area (Å²) in [5, 5.41) is 7.06. The second-order valence-electron chi connectivity index (χ2n) is 17.3. The van der Waals surface area contributed by atoms with Gasteiger partial charge >= 0.3 is 0 Å². The van der Waals surface area contributed by atoms with Gasteiger partial charge in [0, 0.05) is 49.6 Å². The zero-order valence-corrected chi connectivity index (χ0v) is 36.6. The summed E-state index contributed by atoms with van der Waals surface area (Å²) in [5.74, 6) is 0. The molecule has 13 rings (SSSR count). The fourth-order valence-electron chi connectivity index (χ4n) is 10.1. The number of anilines is 3. The van der Waals surface area contributed by atoms with Crippen LogP contribution >= 0.6 is 0 Å². The Morgan fingerprint density at radius 3 is 1.51 bits per heavy atom. The van der Waals surface area contributed by atoms with Crippen molar-refractivity contribution >= 4 is 71.6 Å². The van der Waals surface area contributed by atoms with Crippen LogP contribution in [0.1, 0.15) is 0 Å². The average Bonchev–Trinajstić information content (AvgIpc) is 3.96. The molecule has 2 heterocycles. The monoisotopic (exact) mass is 854 g/mol. The molecule has 0 N–H and O–H groups in total. The Morgan fingerprint density at radius 2 is 0.821 bits per heavy atom. The van der Waals surface area contributed by atoms with Crippen molar-refractivity contribution in [1.29, 1.82) is 0 Å². The molecule has 67 heavy (non-hydrogen) atoms. The minimum Gasteiger partial charge on any atom is -0.455 e. The molecule has 314 valence electrons. The molecule has 0 saturated carbocycles. The fraction of sp³-hybridized carbons (Fsp3) is 0. The maximum absolute atomic E-state index is 6.70. The summed E-state index contributed by atoms with van der Waals surface area (Å²) in [6.07, 6.45) is 0. The van der Waals surface area contributed by atoms with Gasteiger partial charge in [0.05, 0.1) is 16.7 Å². The summed E-state index contributed by atoms with van der Waals surface area (Å²) in [5.41, 5.74) is 17.8. The summed E-state index contributed by atoms with van der Waals surface area (Å²) in [7, 11) is 0. The zero-order chi connectivity index (χ0) is 44.3. The standard InChI is InChI=1S/C64H42N2O/c1-2-13-43(14-3-1)44-25-27-45(28-26-44)46-29-35-51(36-30-46)65(60-22-9-6-18-54(60)50-34-39-58-59-40-33-48-15-4-5-19-55(48)64(59)67-63(58)42-50)52-37-31-47(32-38-52)49-16-12-17-53(41-49)66-61-23-10-7-20-56(61)57-21-8-11-24-62(57)66/h1-42H. The maximum atomic E-state index is 6.70. The molecular weight excluding hydrogens is 813 g/mol. The number of nitrogens with zero attached hydrogens (tertiary/aromatic N) is 2. The van der Waals surface area contributed by atoms with Crippen LogP contribution in [-0.4, -0.2) is 4.57 Å². The lowest BCUT2D eigenvalue weighted by Crippen LogP contribution is -2.11. The van der Waals surface area contributed by atoms with Crippen LogP contribution in [0.15, 0.2) is 259 Å². The van der Waals surface area contributed by atoms with Gasteiger partial charge in [-0.3, -0.25) is 0 Å². The number of furan rings is 1. The van der Waals surface area contributed by atoms with Crippen LogP contribution in [0.5, 0.6) is 0 Å². The number of benzene rings is 11. The van der Waals surface area contributed by atoms with Gasteiger partial charge in [-0.05, 0) is 117 Å². The molecule has 0 saturated heterocycles. The van der Waals surface area contributed by atoms with E-state index >= 15 is 0 Å². The predicted octanol–water partition coefficient (Wildman–Crippen LogP) is 18.0. The van der Waals surface area contributed by atoms with Crippen LogP contribution in [0, 0.1) is 0 Å². The van der Waals surface area contributed by atoms with Crippen LogP contribution < -0.4 is 4.90 Å². The van der Waals surface area contributed by atoms with Gasteiger partial charge in [-0.25, -0.2) is 0 Å². The molecule has 0 unspecified atom stereocenters. The molecule has 0 radical (unpaired) electrons. The van der Waals surface area contributed by atoms with Gasteiger partial charge < -0.3 is 13.9 Å². The molecule has 0 amide bonds. The number of aromatic nitrogens is 1. The highest BCUT2D eigenvalue weighted by molar-refractivity contribution is 6.15. The van der Waals surface area contributed by atoms with Crippen LogP contribution in [0.3, 0.4) is 0 Å². The SMILES string of the molecule is c1ccc(-c2ccc(-c3ccc(N(c4ccc(-c5cccc(-n6c7ccccc7c7ccccc76)c5)cc4)c4ccccc4-c4ccc5c(c4)oc4c6ccccc6ccc54)cc3)cc2)cc1. The van der Waals surface area contributed by atoms with Crippen LogP contribution in [0.4, 0.5) is 17.1 Å². The smallest absolute Gasteiger partial charge is 0.143 e. The van der Waals surface area contributed by atoms with E-state index < -0.39 is 0 Å². The van der Waals surface area contributed by atoms with E-state index in [9.17, 15) is 0 Å². The lowest BCUT2D eigenvalue weighted by atomic mass is 9.98. The van der Waals surface area contributed by atoms with Crippen molar-refractivity contribution in [1.82, 2.24) is 4.57 Å². The Kier molecular flexibility index (Phi) is 9.17. The number of hydrogen-bond donors (Lipinski definition) is 0. The van der Waals surface area contributed by atoms with E-state index in [0.29, 0.717) is 0 Å².